The molecule has 0 radical (unpaired) electrons. The standard InChI is InChI=1S/C17H18BrNO3/c1-21-16-5-2-4-14(12-16)19-17(20)6-3-11-22-15-9-7-13(18)8-10-15/h2,4-5,7-10,12H,3,6,11H2,1H3,(H,19,20). The van der Waals surface area contributed by atoms with Crippen LogP contribution in [0.2, 0.25) is 0 Å². The number of carbonyl (C=O) groups excluding carboxylic acids is 1. The predicted octanol–water partition coefficient (Wildman–Crippen LogP) is 4.26. The zero-order valence-corrected chi connectivity index (χ0v) is 13.9. The second-order valence-electron chi connectivity index (χ2n) is 4.69. The Labute approximate surface area is 138 Å². The van der Waals surface area contributed by atoms with Gasteiger partial charge in [0.25, 0.3) is 0 Å². The molecule has 2 rings (SSSR count). The van der Waals surface area contributed by atoms with Crippen molar-refractivity contribution in [2.75, 3.05) is 19.0 Å². The van der Waals surface area contributed by atoms with E-state index < -0.39 is 0 Å². The predicted molar refractivity (Wildman–Crippen MR) is 90.5 cm³/mol. The van der Waals surface area contributed by atoms with Crippen LogP contribution in [0.25, 0.3) is 0 Å². The van der Waals surface area contributed by atoms with Gasteiger partial charge in [-0.15, -0.1) is 0 Å². The molecule has 4 nitrogen and oxygen atoms in total. The first-order valence-corrected chi connectivity index (χ1v) is 7.79. The van der Waals surface area contributed by atoms with Crippen LogP contribution in [0, 0.1) is 0 Å². The Kier molecular flexibility index (Phi) is 6.27. The molecule has 0 atom stereocenters. The lowest BCUT2D eigenvalue weighted by Crippen LogP contribution is -2.12. The fraction of sp³-hybridized carbons (Fsp3) is 0.235. The molecule has 0 aliphatic carbocycles. The van der Waals surface area contributed by atoms with E-state index in [1.807, 2.05) is 42.5 Å². The molecule has 0 heterocycles. The maximum Gasteiger partial charge on any atom is 0.224 e. The first-order valence-electron chi connectivity index (χ1n) is 6.99. The highest BCUT2D eigenvalue weighted by Crippen LogP contribution is 2.18. The van der Waals surface area contributed by atoms with E-state index in [2.05, 4.69) is 21.2 Å². The molecule has 0 unspecified atom stereocenters. The van der Waals surface area contributed by atoms with Gasteiger partial charge in [-0.1, -0.05) is 22.0 Å². The van der Waals surface area contributed by atoms with Gasteiger partial charge in [0.1, 0.15) is 11.5 Å². The number of anilines is 1. The summed E-state index contributed by atoms with van der Waals surface area (Å²) in [5.74, 6) is 1.49. The van der Waals surface area contributed by atoms with Gasteiger partial charge in [0.15, 0.2) is 0 Å². The van der Waals surface area contributed by atoms with Gasteiger partial charge in [0.05, 0.1) is 13.7 Å². The lowest BCUT2D eigenvalue weighted by molar-refractivity contribution is -0.116. The van der Waals surface area contributed by atoms with E-state index in [4.69, 9.17) is 9.47 Å². The highest BCUT2D eigenvalue weighted by atomic mass is 79.9. The molecule has 0 saturated heterocycles. The van der Waals surface area contributed by atoms with Crippen LogP contribution in [-0.2, 0) is 4.79 Å². The molecule has 0 bridgehead atoms. The number of methoxy groups -OCH3 is 1. The third-order valence-electron chi connectivity index (χ3n) is 2.98. The zero-order valence-electron chi connectivity index (χ0n) is 12.3. The van der Waals surface area contributed by atoms with Crippen molar-refractivity contribution in [2.45, 2.75) is 12.8 Å². The highest BCUT2D eigenvalue weighted by molar-refractivity contribution is 9.10. The lowest BCUT2D eigenvalue weighted by atomic mass is 10.2. The molecule has 0 fully saturated rings. The zero-order chi connectivity index (χ0) is 15.8. The topological polar surface area (TPSA) is 47.6 Å². The number of amides is 1. The second kappa shape index (κ2) is 8.44. The van der Waals surface area contributed by atoms with E-state index in [-0.39, 0.29) is 5.91 Å². The number of carbonyl (C=O) groups is 1. The summed E-state index contributed by atoms with van der Waals surface area (Å²) in [6.45, 7) is 0.507. The van der Waals surface area contributed by atoms with Gasteiger partial charge in [-0.25, -0.2) is 0 Å². The molecule has 2 aromatic rings. The molecule has 0 saturated carbocycles. The molecule has 1 N–H and O–H groups in total. The Morgan fingerprint density at radius 1 is 1.14 bits per heavy atom. The molecular weight excluding hydrogens is 346 g/mol. The van der Waals surface area contributed by atoms with Crippen molar-refractivity contribution >= 4 is 27.5 Å². The van der Waals surface area contributed by atoms with Crippen LogP contribution in [0.1, 0.15) is 12.8 Å². The molecule has 0 aromatic heterocycles. The van der Waals surface area contributed by atoms with E-state index >= 15 is 0 Å². The third kappa shape index (κ3) is 5.41. The Hall–Kier alpha value is -2.01. The first kappa shape index (κ1) is 16.4. The number of ether oxygens (including phenoxy) is 2. The van der Waals surface area contributed by atoms with Crippen molar-refractivity contribution < 1.29 is 14.3 Å². The van der Waals surface area contributed by atoms with Crippen molar-refractivity contribution in [3.05, 3.63) is 53.0 Å². The van der Waals surface area contributed by atoms with E-state index in [1.165, 1.54) is 0 Å². The first-order chi connectivity index (χ1) is 10.7. The van der Waals surface area contributed by atoms with Crippen molar-refractivity contribution in [3.63, 3.8) is 0 Å². The molecule has 5 heteroatoms. The Bertz CT molecular complexity index is 614. The quantitative estimate of drug-likeness (QED) is 0.747. The summed E-state index contributed by atoms with van der Waals surface area (Å²) in [7, 11) is 1.60. The smallest absolute Gasteiger partial charge is 0.224 e. The molecule has 22 heavy (non-hydrogen) atoms. The average molecular weight is 364 g/mol. The van der Waals surface area contributed by atoms with Gasteiger partial charge in [0, 0.05) is 22.6 Å². The largest absolute Gasteiger partial charge is 0.497 e. The molecule has 0 spiro atoms. The van der Waals surface area contributed by atoms with Crippen LogP contribution in [0.5, 0.6) is 11.5 Å². The summed E-state index contributed by atoms with van der Waals surface area (Å²) in [4.78, 5) is 11.9. The fourth-order valence-electron chi connectivity index (χ4n) is 1.88. The average Bonchev–Trinajstić information content (AvgIpc) is 2.53. The number of nitrogens with one attached hydrogen (secondary N) is 1. The van der Waals surface area contributed by atoms with Gasteiger partial charge >= 0.3 is 0 Å². The van der Waals surface area contributed by atoms with Crippen LogP contribution in [-0.4, -0.2) is 19.6 Å². The Morgan fingerprint density at radius 2 is 1.91 bits per heavy atom. The number of halogens is 1. The van der Waals surface area contributed by atoms with Crippen molar-refractivity contribution in [2.24, 2.45) is 0 Å². The van der Waals surface area contributed by atoms with Gasteiger partial charge in [0.2, 0.25) is 5.91 Å². The summed E-state index contributed by atoms with van der Waals surface area (Å²) >= 11 is 3.37. The van der Waals surface area contributed by atoms with E-state index in [0.29, 0.717) is 19.4 Å². The van der Waals surface area contributed by atoms with Crippen molar-refractivity contribution in [1.82, 2.24) is 0 Å². The minimum absolute atomic E-state index is 0.0346. The normalized spacial score (nSPS) is 10.1. The number of hydrogen-bond donors (Lipinski definition) is 1. The van der Waals surface area contributed by atoms with Crippen LogP contribution < -0.4 is 14.8 Å². The molecule has 0 aliphatic rings. The Morgan fingerprint density at radius 3 is 2.64 bits per heavy atom. The summed E-state index contributed by atoms with van der Waals surface area (Å²) in [5, 5.41) is 2.84. The number of benzene rings is 2. The maximum atomic E-state index is 11.9. The van der Waals surface area contributed by atoms with Crippen LogP contribution in [0.4, 0.5) is 5.69 Å². The van der Waals surface area contributed by atoms with E-state index in [1.54, 1.807) is 13.2 Å². The number of rotatable bonds is 7. The van der Waals surface area contributed by atoms with Crippen LogP contribution in [0.15, 0.2) is 53.0 Å². The maximum absolute atomic E-state index is 11.9. The monoisotopic (exact) mass is 363 g/mol. The molecule has 1 amide bonds. The van der Waals surface area contributed by atoms with E-state index in [9.17, 15) is 4.79 Å². The van der Waals surface area contributed by atoms with Gasteiger partial charge in [-0.05, 0) is 42.8 Å². The van der Waals surface area contributed by atoms with Crippen molar-refractivity contribution in [1.29, 1.82) is 0 Å². The second-order valence-corrected chi connectivity index (χ2v) is 5.60. The highest BCUT2D eigenvalue weighted by Gasteiger charge is 2.03. The number of hydrogen-bond acceptors (Lipinski definition) is 3. The van der Waals surface area contributed by atoms with Crippen molar-refractivity contribution in [3.8, 4) is 11.5 Å². The SMILES string of the molecule is COc1cccc(NC(=O)CCCOc2ccc(Br)cc2)c1. The van der Waals surface area contributed by atoms with Crippen LogP contribution in [0.3, 0.4) is 0 Å². The molecule has 116 valence electrons. The summed E-state index contributed by atoms with van der Waals surface area (Å²) in [5.41, 5.74) is 0.734. The minimum atomic E-state index is -0.0346. The summed E-state index contributed by atoms with van der Waals surface area (Å²) in [6.07, 6.45) is 1.07. The fourth-order valence-corrected chi connectivity index (χ4v) is 2.14. The molecule has 2 aromatic carbocycles. The minimum Gasteiger partial charge on any atom is -0.497 e. The van der Waals surface area contributed by atoms with Gasteiger partial charge in [-0.2, -0.15) is 0 Å². The van der Waals surface area contributed by atoms with E-state index in [0.717, 1.165) is 21.7 Å². The van der Waals surface area contributed by atoms with Crippen LogP contribution >= 0.6 is 15.9 Å². The molecule has 0 aliphatic heterocycles. The van der Waals surface area contributed by atoms with Gasteiger partial charge < -0.3 is 14.8 Å². The third-order valence-corrected chi connectivity index (χ3v) is 3.51. The summed E-state index contributed by atoms with van der Waals surface area (Å²) in [6, 6.07) is 14.9. The lowest BCUT2D eigenvalue weighted by Gasteiger charge is -2.08. The molecular formula is C17H18BrNO3. The summed E-state index contributed by atoms with van der Waals surface area (Å²) < 4.78 is 11.7. The van der Waals surface area contributed by atoms with Gasteiger partial charge in [-0.3, -0.25) is 4.79 Å². The Balaban J connectivity index is 1.70.